The van der Waals surface area contributed by atoms with E-state index in [0.29, 0.717) is 55.6 Å². The van der Waals surface area contributed by atoms with Crippen molar-refractivity contribution in [3.8, 4) is 17.3 Å². The number of halogens is 2. The molecule has 0 aliphatic carbocycles. The van der Waals surface area contributed by atoms with E-state index < -0.39 is 11.7 Å². The van der Waals surface area contributed by atoms with Gasteiger partial charge in [0.1, 0.15) is 18.1 Å². The third-order valence-corrected chi connectivity index (χ3v) is 6.48. The Bertz CT molecular complexity index is 1530. The summed E-state index contributed by atoms with van der Waals surface area (Å²) in [7, 11) is 1.47. The van der Waals surface area contributed by atoms with Crippen molar-refractivity contribution < 1.29 is 28.0 Å². The van der Waals surface area contributed by atoms with Gasteiger partial charge in [-0.05, 0) is 46.2 Å². The van der Waals surface area contributed by atoms with Crippen molar-refractivity contribution in [1.82, 2.24) is 35.6 Å². The van der Waals surface area contributed by atoms with Crippen LogP contribution in [0.1, 0.15) is 27.3 Å². The number of benzene rings is 2. The van der Waals surface area contributed by atoms with Crippen molar-refractivity contribution in [1.29, 1.82) is 0 Å². The van der Waals surface area contributed by atoms with Gasteiger partial charge in [-0.25, -0.2) is 14.4 Å². The van der Waals surface area contributed by atoms with Gasteiger partial charge in [-0.3, -0.25) is 9.69 Å². The van der Waals surface area contributed by atoms with Crippen molar-refractivity contribution in [2.24, 2.45) is 5.10 Å². The van der Waals surface area contributed by atoms with Gasteiger partial charge < -0.3 is 19.9 Å². The predicted molar refractivity (Wildman–Crippen MR) is 144 cm³/mol. The molecule has 1 amide bonds. The highest BCUT2D eigenvalue weighted by Gasteiger charge is 2.26. The summed E-state index contributed by atoms with van der Waals surface area (Å²) in [5.74, 6) is -0.367. The first kappa shape index (κ1) is 27.9. The van der Waals surface area contributed by atoms with E-state index in [9.17, 15) is 9.18 Å². The van der Waals surface area contributed by atoms with E-state index >= 15 is 0 Å². The summed E-state index contributed by atoms with van der Waals surface area (Å²) < 4.78 is 36.5. The van der Waals surface area contributed by atoms with E-state index in [2.05, 4.69) is 40.7 Å². The van der Waals surface area contributed by atoms with Crippen LogP contribution >= 0.6 is 11.6 Å². The molecule has 5 rings (SSSR count). The zero-order valence-corrected chi connectivity index (χ0v) is 22.5. The van der Waals surface area contributed by atoms with Gasteiger partial charge in [0.2, 0.25) is 11.6 Å². The number of rotatable bonds is 10. The van der Waals surface area contributed by atoms with Crippen LogP contribution in [0.2, 0.25) is 5.02 Å². The molecule has 3 N–H and O–H groups in total. The number of nitrogen functional groups attached to an aromatic ring is 1. The summed E-state index contributed by atoms with van der Waals surface area (Å²) in [4.78, 5) is 15.3. The molecule has 0 bridgehead atoms. The van der Waals surface area contributed by atoms with Crippen LogP contribution in [-0.4, -0.2) is 75.7 Å². The molecule has 1 saturated heterocycles. The molecule has 0 radical (unpaired) electrons. The van der Waals surface area contributed by atoms with Crippen molar-refractivity contribution in [2.75, 3.05) is 39.1 Å². The van der Waals surface area contributed by atoms with E-state index in [-0.39, 0.29) is 34.5 Å². The largest absolute Gasteiger partial charge is 0.493 e. The molecule has 14 nitrogen and oxygen atoms in total. The quantitative estimate of drug-likeness (QED) is 0.207. The minimum Gasteiger partial charge on any atom is -0.493 e. The number of carbonyl (C=O) groups excluding carboxylic acids is 1. The van der Waals surface area contributed by atoms with Crippen LogP contribution in [0.5, 0.6) is 11.5 Å². The van der Waals surface area contributed by atoms with E-state index in [1.54, 1.807) is 24.3 Å². The molecule has 1 fully saturated rings. The van der Waals surface area contributed by atoms with Gasteiger partial charge in [-0.1, -0.05) is 22.9 Å². The Labute approximate surface area is 237 Å². The van der Waals surface area contributed by atoms with Crippen molar-refractivity contribution in [2.45, 2.75) is 13.2 Å². The highest BCUT2D eigenvalue weighted by Crippen LogP contribution is 2.30. The average Bonchev–Trinajstić information content (AvgIpc) is 3.59. The Kier molecular flexibility index (Phi) is 8.67. The Balaban J connectivity index is 1.30. The van der Waals surface area contributed by atoms with Gasteiger partial charge in [0, 0.05) is 25.2 Å². The van der Waals surface area contributed by atoms with Crippen molar-refractivity contribution in [3.05, 3.63) is 69.8 Å². The fourth-order valence-electron chi connectivity index (χ4n) is 4.03. The van der Waals surface area contributed by atoms with Gasteiger partial charge >= 0.3 is 0 Å². The lowest BCUT2D eigenvalue weighted by Gasteiger charge is -2.25. The summed E-state index contributed by atoms with van der Waals surface area (Å²) in [5.41, 5.74) is 9.59. The lowest BCUT2D eigenvalue weighted by Crippen LogP contribution is -2.36. The molecule has 1 aliphatic rings. The first-order valence-electron chi connectivity index (χ1n) is 12.3. The number of hydrogen-bond acceptors (Lipinski definition) is 12. The molecular weight excluding hydrogens is 561 g/mol. The maximum Gasteiger partial charge on any atom is 0.292 e. The van der Waals surface area contributed by atoms with Crippen LogP contribution < -0.4 is 20.6 Å². The molecule has 2 aromatic carbocycles. The zero-order chi connectivity index (χ0) is 28.8. The van der Waals surface area contributed by atoms with Crippen LogP contribution in [0, 0.1) is 5.82 Å². The molecule has 16 heteroatoms. The van der Waals surface area contributed by atoms with E-state index in [0.717, 1.165) is 4.68 Å². The minimum absolute atomic E-state index is 0.0249. The smallest absolute Gasteiger partial charge is 0.292 e. The Morgan fingerprint density at radius 2 is 2.07 bits per heavy atom. The molecule has 0 atom stereocenters. The average molecular weight is 586 g/mol. The molecule has 3 heterocycles. The molecule has 0 unspecified atom stereocenters. The normalized spacial score (nSPS) is 13.9. The summed E-state index contributed by atoms with van der Waals surface area (Å²) >= 11 is 6.08. The highest BCUT2D eigenvalue weighted by atomic mass is 35.5. The van der Waals surface area contributed by atoms with Gasteiger partial charge in [-0.2, -0.15) is 9.78 Å². The number of amides is 1. The number of methoxy groups -OCH3 is 1. The monoisotopic (exact) mass is 585 g/mol. The molecule has 2 aromatic heterocycles. The van der Waals surface area contributed by atoms with Crippen molar-refractivity contribution in [3.63, 3.8) is 0 Å². The number of ether oxygens (including phenoxy) is 3. The predicted octanol–water partition coefficient (Wildman–Crippen LogP) is 2.21. The number of nitrogens with one attached hydrogen (secondary N) is 1. The van der Waals surface area contributed by atoms with Gasteiger partial charge in [-0.15, -0.1) is 5.10 Å². The zero-order valence-electron chi connectivity index (χ0n) is 21.8. The first-order chi connectivity index (χ1) is 19.9. The summed E-state index contributed by atoms with van der Waals surface area (Å²) in [6.07, 6.45) is 1.42. The van der Waals surface area contributed by atoms with E-state index in [1.165, 1.54) is 25.5 Å². The fourth-order valence-corrected chi connectivity index (χ4v) is 4.24. The van der Waals surface area contributed by atoms with Crippen LogP contribution in [0.3, 0.4) is 0 Å². The fraction of sp³-hybridized carbons (Fsp3) is 0.280. The molecule has 214 valence electrons. The lowest BCUT2D eigenvalue weighted by atomic mass is 10.2. The first-order valence-corrected chi connectivity index (χ1v) is 12.7. The SMILES string of the molecule is COc1cc(/C=N/NC(=O)c2c(CN3CCOCC3)nnn2-c2nonc2N)ccc1OCc1c(F)cccc1Cl. The molecule has 0 saturated carbocycles. The highest BCUT2D eigenvalue weighted by molar-refractivity contribution is 6.31. The van der Waals surface area contributed by atoms with Crippen molar-refractivity contribution >= 4 is 29.5 Å². The summed E-state index contributed by atoms with van der Waals surface area (Å²) in [5, 5.41) is 19.8. The van der Waals surface area contributed by atoms with Crippen LogP contribution in [-0.2, 0) is 17.9 Å². The molecular formula is C25H25ClFN9O5. The van der Waals surface area contributed by atoms with E-state index in [1.807, 2.05) is 0 Å². The van der Waals surface area contributed by atoms with Crippen LogP contribution in [0.15, 0.2) is 46.1 Å². The maximum atomic E-state index is 14.1. The number of carbonyl (C=O) groups is 1. The Hall–Kier alpha value is -4.60. The van der Waals surface area contributed by atoms with Crippen LogP contribution in [0.25, 0.3) is 5.82 Å². The number of hydrogen-bond donors (Lipinski definition) is 2. The number of morpholine rings is 1. The van der Waals surface area contributed by atoms with E-state index in [4.69, 9.17) is 31.5 Å². The summed E-state index contributed by atoms with van der Waals surface area (Å²) in [6.45, 7) is 2.75. The second kappa shape index (κ2) is 12.7. The third kappa shape index (κ3) is 6.42. The topological polar surface area (TPSA) is 168 Å². The molecule has 1 aliphatic heterocycles. The third-order valence-electron chi connectivity index (χ3n) is 6.13. The molecule has 41 heavy (non-hydrogen) atoms. The Morgan fingerprint density at radius 1 is 1.24 bits per heavy atom. The minimum atomic E-state index is -0.606. The number of anilines is 1. The van der Waals surface area contributed by atoms with Crippen LogP contribution in [0.4, 0.5) is 10.2 Å². The standard InChI is InChI=1S/C25H25ClFN9O5/c1-38-21-11-15(5-6-20(21)40-14-16-17(26)3-2-4-18(16)27)12-29-31-25(37)22-19(13-35-7-9-39-10-8-35)30-34-36(22)24-23(28)32-41-33-24/h2-6,11-12H,7-10,13-14H2,1H3,(H2,28,32)(H,31,37)/b29-12+. The summed E-state index contributed by atoms with van der Waals surface area (Å²) in [6, 6.07) is 9.38. The van der Waals surface area contributed by atoms with Gasteiger partial charge in [0.05, 0.1) is 31.6 Å². The van der Waals surface area contributed by atoms with Gasteiger partial charge in [0.25, 0.3) is 5.91 Å². The number of nitrogens with zero attached hydrogens (tertiary/aromatic N) is 7. The number of hydrazone groups is 1. The Morgan fingerprint density at radius 3 is 2.80 bits per heavy atom. The van der Waals surface area contributed by atoms with Gasteiger partial charge in [0.15, 0.2) is 17.2 Å². The molecule has 0 spiro atoms. The number of nitrogens with two attached hydrogens (primary N) is 1. The lowest BCUT2D eigenvalue weighted by molar-refractivity contribution is 0.0335. The molecule has 4 aromatic rings. The maximum absolute atomic E-state index is 14.1. The second-order valence-electron chi connectivity index (χ2n) is 8.76. The number of aromatic nitrogens is 5. The second-order valence-corrected chi connectivity index (χ2v) is 9.16.